The molecule has 1 amide bonds. The number of rotatable bonds is 9. The summed E-state index contributed by atoms with van der Waals surface area (Å²) in [4.78, 5) is 43.8. The first-order chi connectivity index (χ1) is 16.6. The number of halogens is 2. The summed E-state index contributed by atoms with van der Waals surface area (Å²) in [6, 6.07) is 4.51. The molecule has 0 spiro atoms. The zero-order valence-electron chi connectivity index (χ0n) is 19.1. The molecule has 2 aromatic heterocycles. The second kappa shape index (κ2) is 11.3. The molecule has 11 nitrogen and oxygen atoms in total. The highest BCUT2D eigenvalue weighted by Gasteiger charge is 2.62. The third-order valence-electron chi connectivity index (χ3n) is 4.99. The van der Waals surface area contributed by atoms with Gasteiger partial charge in [0.25, 0.3) is 0 Å². The van der Waals surface area contributed by atoms with Crippen molar-refractivity contribution in [3.05, 3.63) is 52.8 Å². The molecule has 3 heterocycles. The Bertz CT molecular complexity index is 1080. The number of hydrogen-bond acceptors (Lipinski definition) is 9. The van der Waals surface area contributed by atoms with E-state index in [9.17, 15) is 19.5 Å². The molecule has 3 atom stereocenters. The number of anilines is 1. The van der Waals surface area contributed by atoms with Crippen LogP contribution in [0.3, 0.4) is 0 Å². The number of pyridine rings is 1. The Morgan fingerprint density at radius 2 is 2.11 bits per heavy atom. The predicted octanol–water partition coefficient (Wildman–Crippen LogP) is 1.91. The molecule has 13 heteroatoms. The molecular formula is C22H26F2N4O7. The standard InChI is InChI=1S/C22H26F2N4O7/c1-13(2)12-33-21(32)27-16-7-9-28(20(31)26-16)19-22(23,24)18(15(11-29)34-19)35-17(30)6-5-14-4-3-8-25-10-14/h3-4,7-10,13,15,18-19,29H,5-6,11-12H2,1-2H3,(H,26,27,31,32)/t15-,18-,19-/m1/s1. The molecule has 0 aliphatic carbocycles. The van der Waals surface area contributed by atoms with Crippen LogP contribution in [0.15, 0.2) is 41.6 Å². The van der Waals surface area contributed by atoms with E-state index in [4.69, 9.17) is 14.2 Å². The number of ether oxygens (including phenoxy) is 3. The number of aliphatic hydroxyl groups excluding tert-OH is 1. The Labute approximate surface area is 199 Å². The molecule has 0 bridgehead atoms. The lowest BCUT2D eigenvalue weighted by Gasteiger charge is -2.24. The lowest BCUT2D eigenvalue weighted by molar-refractivity contribution is -0.176. The van der Waals surface area contributed by atoms with Gasteiger partial charge in [0.05, 0.1) is 13.2 Å². The molecule has 1 saturated heterocycles. The van der Waals surface area contributed by atoms with Gasteiger partial charge in [-0.2, -0.15) is 13.8 Å². The van der Waals surface area contributed by atoms with Crippen molar-refractivity contribution in [1.29, 1.82) is 0 Å². The van der Waals surface area contributed by atoms with Crippen molar-refractivity contribution >= 4 is 17.9 Å². The van der Waals surface area contributed by atoms with Crippen molar-refractivity contribution in [2.45, 2.75) is 51.0 Å². The monoisotopic (exact) mass is 496 g/mol. The molecule has 0 saturated carbocycles. The van der Waals surface area contributed by atoms with Crippen molar-refractivity contribution < 1.29 is 37.7 Å². The number of aromatic nitrogens is 3. The van der Waals surface area contributed by atoms with Crippen LogP contribution in [0.1, 0.15) is 32.1 Å². The predicted molar refractivity (Wildman–Crippen MR) is 117 cm³/mol. The van der Waals surface area contributed by atoms with E-state index in [0.29, 0.717) is 4.57 Å². The molecule has 1 aliphatic rings. The summed E-state index contributed by atoms with van der Waals surface area (Å²) in [5, 5.41) is 11.8. The summed E-state index contributed by atoms with van der Waals surface area (Å²) in [6.07, 6.45) is -2.69. The zero-order valence-corrected chi connectivity index (χ0v) is 19.1. The van der Waals surface area contributed by atoms with Crippen molar-refractivity contribution in [2.75, 3.05) is 18.5 Å². The summed E-state index contributed by atoms with van der Waals surface area (Å²) in [5.74, 6) is -4.92. The smallest absolute Gasteiger partial charge is 0.412 e. The minimum atomic E-state index is -3.87. The van der Waals surface area contributed by atoms with E-state index in [1.807, 2.05) is 13.8 Å². The van der Waals surface area contributed by atoms with Gasteiger partial charge in [0.15, 0.2) is 6.10 Å². The Morgan fingerprint density at radius 1 is 1.34 bits per heavy atom. The number of carbonyl (C=O) groups excluding carboxylic acids is 2. The van der Waals surface area contributed by atoms with E-state index in [2.05, 4.69) is 15.3 Å². The SMILES string of the molecule is CC(C)COC(=O)Nc1ccn([C@@H]2O[C@H](CO)[C@@H](OC(=O)CCc3cccnc3)C2(F)F)c(=O)n1. The van der Waals surface area contributed by atoms with Crippen LogP contribution < -0.4 is 11.0 Å². The molecule has 190 valence electrons. The van der Waals surface area contributed by atoms with Gasteiger partial charge in [-0.3, -0.25) is 19.7 Å². The van der Waals surface area contributed by atoms with Gasteiger partial charge in [0, 0.05) is 25.0 Å². The molecule has 0 unspecified atom stereocenters. The number of esters is 1. The summed E-state index contributed by atoms with van der Waals surface area (Å²) in [6.45, 7) is 2.92. The first-order valence-corrected chi connectivity index (χ1v) is 10.9. The third kappa shape index (κ3) is 6.57. The minimum Gasteiger partial charge on any atom is -0.453 e. The maximum atomic E-state index is 15.2. The van der Waals surface area contributed by atoms with Crippen LogP contribution in [-0.2, 0) is 25.4 Å². The van der Waals surface area contributed by atoms with Gasteiger partial charge < -0.3 is 19.3 Å². The number of alkyl halides is 2. The number of hydrogen-bond donors (Lipinski definition) is 2. The summed E-state index contributed by atoms with van der Waals surface area (Å²) in [5.41, 5.74) is -0.438. The molecule has 2 aromatic rings. The van der Waals surface area contributed by atoms with Crippen molar-refractivity contribution in [3.8, 4) is 0 Å². The van der Waals surface area contributed by atoms with Crippen LogP contribution in [0.5, 0.6) is 0 Å². The maximum Gasteiger partial charge on any atom is 0.412 e. The number of nitrogens with zero attached hydrogens (tertiary/aromatic N) is 3. The van der Waals surface area contributed by atoms with Crippen LogP contribution in [-0.4, -0.2) is 63.0 Å². The van der Waals surface area contributed by atoms with Crippen molar-refractivity contribution in [1.82, 2.24) is 14.5 Å². The Balaban J connectivity index is 1.69. The number of nitrogens with one attached hydrogen (secondary N) is 1. The van der Waals surface area contributed by atoms with E-state index in [0.717, 1.165) is 17.8 Å². The summed E-state index contributed by atoms with van der Waals surface area (Å²) >= 11 is 0. The highest BCUT2D eigenvalue weighted by molar-refractivity contribution is 5.83. The topological polar surface area (TPSA) is 142 Å². The highest BCUT2D eigenvalue weighted by Crippen LogP contribution is 2.44. The summed E-state index contributed by atoms with van der Waals surface area (Å²) < 4.78 is 45.9. The Hall–Kier alpha value is -3.45. The van der Waals surface area contributed by atoms with Gasteiger partial charge in [0.1, 0.15) is 11.9 Å². The average Bonchev–Trinajstić information content (AvgIpc) is 3.06. The molecule has 1 fully saturated rings. The van der Waals surface area contributed by atoms with Crippen LogP contribution in [0.4, 0.5) is 19.4 Å². The van der Waals surface area contributed by atoms with Crippen LogP contribution >= 0.6 is 0 Å². The number of aliphatic hydroxyl groups is 1. The second-order valence-electron chi connectivity index (χ2n) is 8.28. The van der Waals surface area contributed by atoms with E-state index < -0.39 is 48.7 Å². The van der Waals surface area contributed by atoms with E-state index in [1.54, 1.807) is 18.3 Å². The summed E-state index contributed by atoms with van der Waals surface area (Å²) in [7, 11) is 0. The zero-order chi connectivity index (χ0) is 25.6. The lowest BCUT2D eigenvalue weighted by Crippen LogP contribution is -2.44. The highest BCUT2D eigenvalue weighted by atomic mass is 19.3. The van der Waals surface area contributed by atoms with Gasteiger partial charge >= 0.3 is 23.7 Å². The van der Waals surface area contributed by atoms with Crippen LogP contribution in [0.2, 0.25) is 0 Å². The first-order valence-electron chi connectivity index (χ1n) is 10.9. The average molecular weight is 496 g/mol. The van der Waals surface area contributed by atoms with Gasteiger partial charge in [-0.05, 0) is 30.0 Å². The van der Waals surface area contributed by atoms with E-state index in [1.165, 1.54) is 6.20 Å². The van der Waals surface area contributed by atoms with Gasteiger partial charge in [-0.25, -0.2) is 9.59 Å². The number of amides is 1. The fourth-order valence-electron chi connectivity index (χ4n) is 3.30. The van der Waals surface area contributed by atoms with Gasteiger partial charge in [0.2, 0.25) is 6.23 Å². The molecular weight excluding hydrogens is 470 g/mol. The Kier molecular flexibility index (Phi) is 8.46. The van der Waals surface area contributed by atoms with E-state index in [-0.39, 0.29) is 31.2 Å². The molecule has 3 rings (SSSR count). The quantitative estimate of drug-likeness (QED) is 0.498. The number of aryl methyl sites for hydroxylation is 1. The Morgan fingerprint density at radius 3 is 2.74 bits per heavy atom. The lowest BCUT2D eigenvalue weighted by atomic mass is 10.1. The minimum absolute atomic E-state index is 0.0836. The molecule has 0 radical (unpaired) electrons. The van der Waals surface area contributed by atoms with Crippen LogP contribution in [0.25, 0.3) is 0 Å². The largest absolute Gasteiger partial charge is 0.453 e. The van der Waals surface area contributed by atoms with Crippen LogP contribution in [0, 0.1) is 5.92 Å². The third-order valence-corrected chi connectivity index (χ3v) is 4.99. The molecule has 0 aromatic carbocycles. The van der Waals surface area contributed by atoms with Crippen molar-refractivity contribution in [2.24, 2.45) is 5.92 Å². The second-order valence-corrected chi connectivity index (χ2v) is 8.28. The van der Waals surface area contributed by atoms with E-state index >= 15 is 8.78 Å². The van der Waals surface area contributed by atoms with Crippen molar-refractivity contribution in [3.63, 3.8) is 0 Å². The molecule has 35 heavy (non-hydrogen) atoms. The van der Waals surface area contributed by atoms with Gasteiger partial charge in [-0.15, -0.1) is 0 Å². The molecule has 1 aliphatic heterocycles. The first kappa shape index (κ1) is 26.2. The maximum absolute atomic E-state index is 15.2. The normalized spacial score (nSPS) is 21.0. The van der Waals surface area contributed by atoms with Gasteiger partial charge in [-0.1, -0.05) is 19.9 Å². The fourth-order valence-corrected chi connectivity index (χ4v) is 3.30. The molecule has 2 N–H and O–H groups in total. The fraction of sp³-hybridized carbons (Fsp3) is 0.500. The number of carbonyl (C=O) groups is 2.